The third-order valence-corrected chi connectivity index (χ3v) is 3.71. The molecule has 0 atom stereocenters. The number of amides is 1. The highest BCUT2D eigenvalue weighted by Gasteiger charge is 2.18. The molecule has 0 bridgehead atoms. The molecule has 0 spiro atoms. The third-order valence-electron chi connectivity index (χ3n) is 3.36. The molecule has 0 saturated carbocycles. The average Bonchev–Trinajstić information content (AvgIpc) is 2.50. The molecule has 0 saturated heterocycles. The maximum atomic E-state index is 11.9. The highest BCUT2D eigenvalue weighted by atomic mass is 35.5. The molecule has 0 aliphatic rings. The fourth-order valence-corrected chi connectivity index (χ4v) is 2.19. The topological polar surface area (TPSA) is 79.8 Å². The van der Waals surface area contributed by atoms with Gasteiger partial charge in [-0.1, -0.05) is 11.6 Å². The second-order valence-electron chi connectivity index (χ2n) is 7.58. The van der Waals surface area contributed by atoms with E-state index in [-0.39, 0.29) is 24.7 Å². The zero-order valence-electron chi connectivity index (χ0n) is 15.8. The lowest BCUT2D eigenvalue weighted by molar-refractivity contribution is -0.124. The average molecular weight is 373 g/mol. The number of carbonyl (C=O) groups is 1. The number of benzene rings is 1. The molecule has 0 unspecified atom stereocenters. The lowest BCUT2D eigenvalue weighted by atomic mass is 10.1. The van der Waals surface area contributed by atoms with Crippen LogP contribution in [0.2, 0.25) is 5.02 Å². The van der Waals surface area contributed by atoms with Crippen molar-refractivity contribution in [3.63, 3.8) is 0 Å². The Kier molecular flexibility index (Phi) is 7.53. The van der Waals surface area contributed by atoms with Crippen molar-refractivity contribution in [2.75, 3.05) is 20.3 Å². The van der Waals surface area contributed by atoms with Crippen molar-refractivity contribution in [3.05, 3.63) is 22.7 Å². The van der Waals surface area contributed by atoms with Crippen LogP contribution in [0.25, 0.3) is 0 Å². The van der Waals surface area contributed by atoms with Crippen LogP contribution in [-0.4, -0.2) is 42.4 Å². The van der Waals surface area contributed by atoms with E-state index in [0.717, 1.165) is 5.56 Å². The predicted molar refractivity (Wildman–Crippen MR) is 99.4 cm³/mol. The Morgan fingerprint density at radius 2 is 1.84 bits per heavy atom. The Balaban J connectivity index is 2.82. The predicted octanol–water partition coefficient (Wildman–Crippen LogP) is 2.50. The molecular formula is C18H29ClN2O4. The summed E-state index contributed by atoms with van der Waals surface area (Å²) in [6.07, 6.45) is 0. The number of nitrogens with one attached hydrogen (secondary N) is 2. The number of methoxy groups -OCH3 is 1. The number of aliphatic hydroxyl groups excluding tert-OH is 1. The zero-order chi connectivity index (χ0) is 19.3. The van der Waals surface area contributed by atoms with E-state index in [0.29, 0.717) is 23.1 Å². The van der Waals surface area contributed by atoms with Gasteiger partial charge in [0, 0.05) is 28.7 Å². The molecule has 1 amide bonds. The number of ether oxygens (including phenoxy) is 2. The molecule has 0 fully saturated rings. The van der Waals surface area contributed by atoms with Crippen molar-refractivity contribution < 1.29 is 19.4 Å². The van der Waals surface area contributed by atoms with Crippen molar-refractivity contribution in [3.8, 4) is 11.5 Å². The molecule has 0 radical (unpaired) electrons. The summed E-state index contributed by atoms with van der Waals surface area (Å²) in [4.78, 5) is 11.9. The number of halogens is 1. The van der Waals surface area contributed by atoms with E-state index in [9.17, 15) is 9.90 Å². The number of hydrogen-bond donors (Lipinski definition) is 3. The van der Waals surface area contributed by atoms with E-state index < -0.39 is 5.54 Å². The normalized spacial score (nSPS) is 12.0. The standard InChI is InChI=1S/C18H29ClN2O4/c1-17(2,3)21-16(23)10-25-15-8-13(19)12(7-14(15)24-6)9-20-18(4,5)11-22/h7-8,20,22H,9-11H2,1-6H3,(H,21,23). The molecule has 0 aliphatic carbocycles. The van der Waals surface area contributed by atoms with Crippen LogP contribution in [0, 0.1) is 0 Å². The first-order chi connectivity index (χ1) is 11.5. The SMILES string of the molecule is COc1cc(CNC(C)(C)CO)c(Cl)cc1OCC(=O)NC(C)(C)C. The third kappa shape index (κ3) is 7.50. The van der Waals surface area contributed by atoms with Crippen LogP contribution in [0.4, 0.5) is 0 Å². The minimum Gasteiger partial charge on any atom is -0.493 e. The van der Waals surface area contributed by atoms with E-state index in [1.165, 1.54) is 7.11 Å². The Hall–Kier alpha value is -1.50. The van der Waals surface area contributed by atoms with Gasteiger partial charge in [-0.3, -0.25) is 4.79 Å². The smallest absolute Gasteiger partial charge is 0.258 e. The largest absolute Gasteiger partial charge is 0.493 e. The number of hydrogen-bond acceptors (Lipinski definition) is 5. The summed E-state index contributed by atoms with van der Waals surface area (Å²) in [6, 6.07) is 3.40. The van der Waals surface area contributed by atoms with Gasteiger partial charge in [0.05, 0.1) is 13.7 Å². The molecule has 1 aromatic carbocycles. The first-order valence-corrected chi connectivity index (χ1v) is 8.51. The summed E-state index contributed by atoms with van der Waals surface area (Å²) in [5.74, 6) is 0.675. The lowest BCUT2D eigenvalue weighted by Gasteiger charge is -2.24. The highest BCUT2D eigenvalue weighted by Crippen LogP contribution is 2.33. The quantitative estimate of drug-likeness (QED) is 0.653. The minimum absolute atomic E-state index is 0.00579. The Morgan fingerprint density at radius 3 is 2.36 bits per heavy atom. The van der Waals surface area contributed by atoms with Crippen molar-refractivity contribution in [1.29, 1.82) is 0 Å². The molecule has 0 aromatic heterocycles. The molecule has 1 aromatic rings. The summed E-state index contributed by atoms with van der Waals surface area (Å²) >= 11 is 6.31. The fourth-order valence-electron chi connectivity index (χ4n) is 1.97. The summed E-state index contributed by atoms with van der Waals surface area (Å²) in [5.41, 5.74) is 0.0695. The molecule has 3 N–H and O–H groups in total. The molecule has 25 heavy (non-hydrogen) atoms. The van der Waals surface area contributed by atoms with Gasteiger partial charge >= 0.3 is 0 Å². The lowest BCUT2D eigenvalue weighted by Crippen LogP contribution is -2.43. The van der Waals surface area contributed by atoms with Crippen molar-refractivity contribution in [2.24, 2.45) is 0 Å². The number of rotatable bonds is 8. The first-order valence-electron chi connectivity index (χ1n) is 8.13. The molecule has 7 heteroatoms. The maximum Gasteiger partial charge on any atom is 0.258 e. The monoisotopic (exact) mass is 372 g/mol. The van der Waals surface area contributed by atoms with E-state index in [4.69, 9.17) is 21.1 Å². The summed E-state index contributed by atoms with van der Waals surface area (Å²) in [6.45, 7) is 9.83. The van der Waals surface area contributed by atoms with Gasteiger partial charge in [-0.15, -0.1) is 0 Å². The first kappa shape index (κ1) is 21.5. The van der Waals surface area contributed by atoms with Crippen molar-refractivity contribution in [1.82, 2.24) is 10.6 Å². The van der Waals surface area contributed by atoms with Crippen molar-refractivity contribution >= 4 is 17.5 Å². The Labute approximate surface area is 154 Å². The van der Waals surface area contributed by atoms with Crippen molar-refractivity contribution in [2.45, 2.75) is 52.2 Å². The van der Waals surface area contributed by atoms with Crippen LogP contribution in [0.5, 0.6) is 11.5 Å². The summed E-state index contributed by atoms with van der Waals surface area (Å²) in [7, 11) is 1.53. The van der Waals surface area contributed by atoms with Crippen LogP contribution < -0.4 is 20.1 Å². The zero-order valence-corrected chi connectivity index (χ0v) is 16.6. The summed E-state index contributed by atoms with van der Waals surface area (Å²) < 4.78 is 10.9. The van der Waals surface area contributed by atoms with Gasteiger partial charge in [0.25, 0.3) is 5.91 Å². The van der Waals surface area contributed by atoms with Gasteiger partial charge in [0.2, 0.25) is 0 Å². The number of carbonyl (C=O) groups excluding carboxylic acids is 1. The molecule has 1 rings (SSSR count). The number of aliphatic hydroxyl groups is 1. The van der Waals surface area contributed by atoms with Crippen LogP contribution in [0.15, 0.2) is 12.1 Å². The minimum atomic E-state index is -0.420. The van der Waals surface area contributed by atoms with Gasteiger partial charge in [-0.05, 0) is 46.2 Å². The van der Waals surface area contributed by atoms with Gasteiger partial charge in [-0.2, -0.15) is 0 Å². The summed E-state index contributed by atoms with van der Waals surface area (Å²) in [5, 5.41) is 15.8. The highest BCUT2D eigenvalue weighted by molar-refractivity contribution is 6.31. The van der Waals surface area contributed by atoms with Gasteiger partial charge in [-0.25, -0.2) is 0 Å². The van der Waals surface area contributed by atoms with E-state index in [2.05, 4.69) is 10.6 Å². The van der Waals surface area contributed by atoms with E-state index in [1.807, 2.05) is 34.6 Å². The molecule has 0 aliphatic heterocycles. The molecule has 6 nitrogen and oxygen atoms in total. The maximum absolute atomic E-state index is 11.9. The van der Waals surface area contributed by atoms with Gasteiger partial charge in [0.1, 0.15) is 0 Å². The molecular weight excluding hydrogens is 344 g/mol. The van der Waals surface area contributed by atoms with Crippen LogP contribution in [0.3, 0.4) is 0 Å². The van der Waals surface area contributed by atoms with Gasteiger partial charge < -0.3 is 25.2 Å². The van der Waals surface area contributed by atoms with Crippen LogP contribution in [0.1, 0.15) is 40.2 Å². The molecule has 0 heterocycles. The Morgan fingerprint density at radius 1 is 1.20 bits per heavy atom. The van der Waals surface area contributed by atoms with E-state index in [1.54, 1.807) is 12.1 Å². The fraction of sp³-hybridized carbons (Fsp3) is 0.611. The van der Waals surface area contributed by atoms with Crippen LogP contribution >= 0.6 is 11.6 Å². The van der Waals surface area contributed by atoms with Crippen LogP contribution in [-0.2, 0) is 11.3 Å². The Bertz CT molecular complexity index is 597. The molecule has 142 valence electrons. The second kappa shape index (κ2) is 8.74. The second-order valence-corrected chi connectivity index (χ2v) is 7.98. The van der Waals surface area contributed by atoms with Gasteiger partial charge in [0.15, 0.2) is 18.1 Å². The van der Waals surface area contributed by atoms with E-state index >= 15 is 0 Å².